The Morgan fingerprint density at radius 3 is 2.29 bits per heavy atom. The van der Waals surface area contributed by atoms with E-state index in [1.54, 1.807) is 36.4 Å². The van der Waals surface area contributed by atoms with Crippen LogP contribution in [0.3, 0.4) is 0 Å². The van der Waals surface area contributed by atoms with Gasteiger partial charge in [-0.3, -0.25) is 9.59 Å². The third kappa shape index (κ3) is 4.27. The van der Waals surface area contributed by atoms with E-state index in [-0.39, 0.29) is 18.3 Å². The Morgan fingerprint density at radius 2 is 1.54 bits per heavy atom. The summed E-state index contributed by atoms with van der Waals surface area (Å²) in [4.78, 5) is 27.0. The first-order valence-corrected chi connectivity index (χ1v) is 10.3. The first-order chi connectivity index (χ1) is 13.7. The van der Waals surface area contributed by atoms with Gasteiger partial charge in [0.2, 0.25) is 0 Å². The van der Waals surface area contributed by atoms with Crippen LogP contribution in [-0.2, 0) is 4.79 Å². The lowest BCUT2D eigenvalue weighted by atomic mass is 9.75. The summed E-state index contributed by atoms with van der Waals surface area (Å²) < 4.78 is 5.69. The fraction of sp³-hybridized carbons (Fsp3) is 0.417. The predicted octanol–water partition coefficient (Wildman–Crippen LogP) is 4.34. The van der Waals surface area contributed by atoms with Crippen LogP contribution < -0.4 is 4.74 Å². The number of nitrogens with zero attached hydrogens (tertiary/aromatic N) is 1. The number of benzene rings is 2. The predicted molar refractivity (Wildman–Crippen MR) is 108 cm³/mol. The molecule has 28 heavy (non-hydrogen) atoms. The average Bonchev–Trinajstić information content (AvgIpc) is 2.77. The van der Waals surface area contributed by atoms with Crippen molar-refractivity contribution in [3.8, 4) is 5.75 Å². The molecule has 1 saturated heterocycles. The lowest BCUT2D eigenvalue weighted by molar-refractivity contribution is -0.136. The highest BCUT2D eigenvalue weighted by Crippen LogP contribution is 2.36. The largest absolute Gasteiger partial charge is 0.484 e. The number of ether oxygens (including phenoxy) is 1. The number of piperidine rings is 1. The summed E-state index contributed by atoms with van der Waals surface area (Å²) in [7, 11) is 0. The summed E-state index contributed by atoms with van der Waals surface area (Å²) in [6, 6.07) is 16.2. The summed E-state index contributed by atoms with van der Waals surface area (Å²) in [5, 5.41) is 0. The zero-order valence-corrected chi connectivity index (χ0v) is 16.2. The lowest BCUT2D eigenvalue weighted by Crippen LogP contribution is -2.46. The minimum Gasteiger partial charge on any atom is -0.484 e. The Balaban J connectivity index is 1.30. The molecule has 0 radical (unpaired) electrons. The van der Waals surface area contributed by atoms with Crippen molar-refractivity contribution in [2.75, 3.05) is 19.7 Å². The van der Waals surface area contributed by atoms with E-state index in [9.17, 15) is 9.59 Å². The van der Waals surface area contributed by atoms with Gasteiger partial charge in [0.25, 0.3) is 5.91 Å². The smallest absolute Gasteiger partial charge is 0.260 e. The number of rotatable bonds is 5. The van der Waals surface area contributed by atoms with Crippen LogP contribution in [0.5, 0.6) is 5.75 Å². The molecule has 2 aromatic carbocycles. The van der Waals surface area contributed by atoms with Gasteiger partial charge in [-0.2, -0.15) is 0 Å². The Kier molecular flexibility index (Phi) is 5.75. The minimum atomic E-state index is -0.0152. The van der Waals surface area contributed by atoms with Gasteiger partial charge in [0, 0.05) is 24.2 Å². The van der Waals surface area contributed by atoms with Gasteiger partial charge in [-0.25, -0.2) is 0 Å². The zero-order valence-electron chi connectivity index (χ0n) is 16.2. The molecular weight excluding hydrogens is 350 g/mol. The molecule has 2 fully saturated rings. The van der Waals surface area contributed by atoms with Crippen molar-refractivity contribution >= 4 is 11.7 Å². The van der Waals surface area contributed by atoms with E-state index in [1.807, 2.05) is 23.1 Å². The van der Waals surface area contributed by atoms with E-state index in [0.29, 0.717) is 22.8 Å². The topological polar surface area (TPSA) is 46.6 Å². The standard InChI is InChI=1S/C24H27NO3/c26-23(25-15-14-18-6-4-5-9-21(18)16-25)17-28-22-12-10-20(11-13-22)24(27)19-7-2-1-3-8-19/h1-3,7-8,10-13,18,21H,4-6,9,14-17H2/t18-,21+/m1/s1. The van der Waals surface area contributed by atoms with E-state index in [1.165, 1.54) is 25.7 Å². The fourth-order valence-corrected chi connectivity index (χ4v) is 4.52. The number of amides is 1. The third-order valence-electron chi connectivity index (χ3n) is 6.16. The number of carbonyl (C=O) groups excluding carboxylic acids is 2. The van der Waals surface area contributed by atoms with Crippen molar-refractivity contribution in [1.82, 2.24) is 4.90 Å². The zero-order chi connectivity index (χ0) is 19.3. The van der Waals surface area contributed by atoms with E-state index < -0.39 is 0 Å². The number of likely N-dealkylation sites (tertiary alicyclic amines) is 1. The molecule has 0 spiro atoms. The molecule has 0 N–H and O–H groups in total. The number of carbonyl (C=O) groups is 2. The summed E-state index contributed by atoms with van der Waals surface area (Å²) >= 11 is 0. The highest BCUT2D eigenvalue weighted by molar-refractivity contribution is 6.08. The summed E-state index contributed by atoms with van der Waals surface area (Å²) in [5.41, 5.74) is 1.28. The first-order valence-electron chi connectivity index (χ1n) is 10.3. The number of fused-ring (bicyclic) bond motifs is 1. The third-order valence-corrected chi connectivity index (χ3v) is 6.16. The van der Waals surface area contributed by atoms with Gasteiger partial charge in [0.05, 0.1) is 0 Å². The van der Waals surface area contributed by atoms with Crippen molar-refractivity contribution in [1.29, 1.82) is 0 Å². The monoisotopic (exact) mass is 377 g/mol. The van der Waals surface area contributed by atoms with Crippen LogP contribution in [0.1, 0.15) is 48.0 Å². The van der Waals surface area contributed by atoms with Gasteiger partial charge in [0.15, 0.2) is 12.4 Å². The Bertz CT molecular complexity index is 816. The van der Waals surface area contributed by atoms with Crippen LogP contribution in [0.4, 0.5) is 0 Å². The molecule has 1 saturated carbocycles. The Labute approximate surface area is 166 Å². The van der Waals surface area contributed by atoms with Crippen molar-refractivity contribution < 1.29 is 14.3 Å². The van der Waals surface area contributed by atoms with Crippen LogP contribution in [0, 0.1) is 11.8 Å². The summed E-state index contributed by atoms with van der Waals surface area (Å²) in [5.74, 6) is 2.15. The van der Waals surface area contributed by atoms with Crippen molar-refractivity contribution in [2.24, 2.45) is 11.8 Å². The van der Waals surface area contributed by atoms with Gasteiger partial charge < -0.3 is 9.64 Å². The van der Waals surface area contributed by atoms with Gasteiger partial charge in [0.1, 0.15) is 5.75 Å². The normalized spacial score (nSPS) is 21.6. The molecule has 1 amide bonds. The van der Waals surface area contributed by atoms with Crippen molar-refractivity contribution in [3.63, 3.8) is 0 Å². The maximum absolute atomic E-state index is 12.6. The second-order valence-electron chi connectivity index (χ2n) is 7.94. The van der Waals surface area contributed by atoms with E-state index in [0.717, 1.165) is 25.4 Å². The van der Waals surface area contributed by atoms with Crippen LogP contribution >= 0.6 is 0 Å². The van der Waals surface area contributed by atoms with Gasteiger partial charge in [-0.1, -0.05) is 49.6 Å². The molecule has 0 bridgehead atoms. The molecule has 1 aliphatic heterocycles. The maximum atomic E-state index is 12.6. The second kappa shape index (κ2) is 8.59. The van der Waals surface area contributed by atoms with E-state index >= 15 is 0 Å². The molecule has 4 nitrogen and oxygen atoms in total. The first kappa shape index (κ1) is 18.7. The molecule has 0 aromatic heterocycles. The van der Waals surface area contributed by atoms with Crippen molar-refractivity contribution in [2.45, 2.75) is 32.1 Å². The second-order valence-corrected chi connectivity index (χ2v) is 7.94. The quantitative estimate of drug-likeness (QED) is 0.729. The molecule has 2 aromatic rings. The van der Waals surface area contributed by atoms with Gasteiger partial charge >= 0.3 is 0 Å². The molecule has 2 atom stereocenters. The Hall–Kier alpha value is -2.62. The van der Waals surface area contributed by atoms with Crippen molar-refractivity contribution in [3.05, 3.63) is 65.7 Å². The summed E-state index contributed by atoms with van der Waals surface area (Å²) in [6.07, 6.45) is 6.37. The molecule has 146 valence electrons. The highest BCUT2D eigenvalue weighted by atomic mass is 16.5. The average molecular weight is 377 g/mol. The van der Waals surface area contributed by atoms with Crippen LogP contribution in [0.15, 0.2) is 54.6 Å². The van der Waals surface area contributed by atoms with Gasteiger partial charge in [-0.05, 0) is 48.9 Å². The maximum Gasteiger partial charge on any atom is 0.260 e. The molecule has 1 aliphatic carbocycles. The highest BCUT2D eigenvalue weighted by Gasteiger charge is 2.32. The molecule has 1 heterocycles. The number of hydrogen-bond donors (Lipinski definition) is 0. The lowest BCUT2D eigenvalue weighted by Gasteiger charge is -2.41. The number of hydrogen-bond acceptors (Lipinski definition) is 3. The van der Waals surface area contributed by atoms with E-state index in [4.69, 9.17) is 4.74 Å². The van der Waals surface area contributed by atoms with Crippen LogP contribution in [0.2, 0.25) is 0 Å². The fourth-order valence-electron chi connectivity index (χ4n) is 4.52. The molecule has 2 aliphatic rings. The summed E-state index contributed by atoms with van der Waals surface area (Å²) in [6.45, 7) is 1.80. The Morgan fingerprint density at radius 1 is 0.857 bits per heavy atom. The van der Waals surface area contributed by atoms with Crippen LogP contribution in [0.25, 0.3) is 0 Å². The van der Waals surface area contributed by atoms with E-state index in [2.05, 4.69) is 0 Å². The molecular formula is C24H27NO3. The SMILES string of the molecule is O=C(c1ccccc1)c1ccc(OCC(=O)N2CC[C@H]3CCCC[C@H]3C2)cc1. The molecule has 4 rings (SSSR count). The van der Waals surface area contributed by atoms with Crippen LogP contribution in [-0.4, -0.2) is 36.3 Å². The van der Waals surface area contributed by atoms with Gasteiger partial charge in [-0.15, -0.1) is 0 Å². The number of ketones is 1. The molecule has 0 unspecified atom stereocenters. The molecule has 4 heteroatoms. The minimum absolute atomic E-state index is 0.0152.